The highest BCUT2D eigenvalue weighted by Gasteiger charge is 2.22. The van der Waals surface area contributed by atoms with Gasteiger partial charge in [0.05, 0.1) is 27.4 Å². The van der Waals surface area contributed by atoms with Gasteiger partial charge in [-0.2, -0.15) is 0 Å². The summed E-state index contributed by atoms with van der Waals surface area (Å²) in [4.78, 5) is 20.9. The van der Waals surface area contributed by atoms with Crippen molar-refractivity contribution in [1.29, 1.82) is 0 Å². The number of non-ortho nitro benzene ring substituents is 1. The fraction of sp³-hybridized carbons (Fsp3) is 0.0714. The smallest absolute Gasteiger partial charge is 0.258 e. The lowest BCUT2D eigenvalue weighted by molar-refractivity contribution is -0.396. The Kier molecular flexibility index (Phi) is 4.66. The zero-order chi connectivity index (χ0) is 17.8. The number of benzene rings is 2. The molecule has 0 N–H and O–H groups in total. The van der Waals surface area contributed by atoms with E-state index in [-0.39, 0.29) is 16.3 Å². The van der Waals surface area contributed by atoms with E-state index >= 15 is 0 Å². The van der Waals surface area contributed by atoms with Gasteiger partial charge >= 0.3 is 0 Å². The molecule has 0 saturated heterocycles. The van der Waals surface area contributed by atoms with Gasteiger partial charge in [0.15, 0.2) is 0 Å². The van der Waals surface area contributed by atoms with Gasteiger partial charge in [-0.1, -0.05) is 30.3 Å². The number of nitro groups is 2. The number of hydrogen-bond acceptors (Lipinski definition) is 8. The molecule has 10 nitrogen and oxygen atoms in total. The summed E-state index contributed by atoms with van der Waals surface area (Å²) in [7, 11) is 0. The zero-order valence-corrected chi connectivity index (χ0v) is 13.4. The molecule has 0 spiro atoms. The number of nitrogens with zero attached hydrogens (tertiary/aromatic N) is 6. The fourth-order valence-electron chi connectivity index (χ4n) is 2.07. The molecule has 1 aromatic heterocycles. The Hall–Kier alpha value is -3.34. The van der Waals surface area contributed by atoms with Gasteiger partial charge in [0, 0.05) is 6.07 Å². The molecule has 3 aromatic rings. The second-order valence-corrected chi connectivity index (χ2v) is 5.88. The van der Waals surface area contributed by atoms with Crippen LogP contribution in [0.1, 0.15) is 5.56 Å². The Bertz CT molecular complexity index is 930. The van der Waals surface area contributed by atoms with Gasteiger partial charge in [0.25, 0.3) is 11.4 Å². The van der Waals surface area contributed by atoms with Crippen LogP contribution in [-0.4, -0.2) is 30.1 Å². The molecule has 2 aromatic carbocycles. The van der Waals surface area contributed by atoms with Crippen molar-refractivity contribution in [2.45, 2.75) is 16.6 Å². The van der Waals surface area contributed by atoms with E-state index in [2.05, 4.69) is 15.5 Å². The third-order valence-electron chi connectivity index (χ3n) is 3.23. The average molecular weight is 358 g/mol. The first kappa shape index (κ1) is 16.5. The Morgan fingerprint density at radius 2 is 1.80 bits per heavy atom. The Labute approximate surface area is 144 Å². The number of nitro benzene ring substituents is 2. The molecule has 0 aliphatic carbocycles. The molecule has 0 unspecified atom stereocenters. The summed E-state index contributed by atoms with van der Waals surface area (Å²) in [6, 6.07) is 12.9. The summed E-state index contributed by atoms with van der Waals surface area (Å²) < 4.78 is 1.51. The molecular weight excluding hydrogens is 348 g/mol. The van der Waals surface area contributed by atoms with Crippen LogP contribution < -0.4 is 0 Å². The monoisotopic (exact) mass is 358 g/mol. The van der Waals surface area contributed by atoms with E-state index in [9.17, 15) is 20.2 Å². The maximum absolute atomic E-state index is 11.2. The van der Waals surface area contributed by atoms with E-state index in [1.807, 2.05) is 30.3 Å². The number of rotatable bonds is 6. The van der Waals surface area contributed by atoms with Gasteiger partial charge in [-0.15, -0.1) is 5.10 Å². The van der Waals surface area contributed by atoms with E-state index < -0.39 is 9.85 Å². The number of tetrazole rings is 1. The van der Waals surface area contributed by atoms with Crippen molar-refractivity contribution >= 4 is 23.1 Å². The normalized spacial score (nSPS) is 10.6. The first-order valence-corrected chi connectivity index (χ1v) is 7.77. The predicted octanol–water partition coefficient (Wildman–Crippen LogP) is 2.69. The maximum atomic E-state index is 11.2. The van der Waals surface area contributed by atoms with Crippen LogP contribution in [0.25, 0.3) is 0 Å². The highest BCUT2D eigenvalue weighted by atomic mass is 32.2. The van der Waals surface area contributed by atoms with Crippen LogP contribution in [0.15, 0.2) is 58.6 Å². The van der Waals surface area contributed by atoms with Crippen molar-refractivity contribution in [1.82, 2.24) is 20.2 Å². The van der Waals surface area contributed by atoms with Crippen LogP contribution in [0.5, 0.6) is 0 Å². The van der Waals surface area contributed by atoms with E-state index in [0.717, 1.165) is 23.4 Å². The lowest BCUT2D eigenvalue weighted by Gasteiger charge is -2.05. The minimum Gasteiger partial charge on any atom is -0.258 e. The van der Waals surface area contributed by atoms with E-state index in [1.54, 1.807) is 0 Å². The Morgan fingerprint density at radius 1 is 1.04 bits per heavy atom. The average Bonchev–Trinajstić information content (AvgIpc) is 3.02. The van der Waals surface area contributed by atoms with Crippen LogP contribution >= 0.6 is 11.8 Å². The van der Waals surface area contributed by atoms with Gasteiger partial charge in [0.2, 0.25) is 5.16 Å². The molecule has 0 radical (unpaired) electrons. The first-order valence-electron chi connectivity index (χ1n) is 6.95. The van der Waals surface area contributed by atoms with Crippen LogP contribution in [-0.2, 0) is 6.54 Å². The zero-order valence-electron chi connectivity index (χ0n) is 12.6. The van der Waals surface area contributed by atoms with Gasteiger partial charge in [-0.05, 0) is 33.8 Å². The molecular formula is C14H10N6O4S. The third-order valence-corrected chi connectivity index (χ3v) is 4.27. The second-order valence-electron chi connectivity index (χ2n) is 4.87. The summed E-state index contributed by atoms with van der Waals surface area (Å²) in [5.74, 6) is 0. The lowest BCUT2D eigenvalue weighted by atomic mass is 10.2. The second kappa shape index (κ2) is 7.05. The van der Waals surface area contributed by atoms with Crippen LogP contribution in [0.4, 0.5) is 11.4 Å². The fourth-order valence-corrected chi connectivity index (χ4v) is 2.93. The first-order chi connectivity index (χ1) is 12.0. The van der Waals surface area contributed by atoms with Crippen LogP contribution in [0.3, 0.4) is 0 Å². The molecule has 3 rings (SSSR count). The van der Waals surface area contributed by atoms with Crippen molar-refractivity contribution in [3.63, 3.8) is 0 Å². The van der Waals surface area contributed by atoms with Crippen LogP contribution in [0, 0.1) is 20.2 Å². The van der Waals surface area contributed by atoms with E-state index in [1.165, 1.54) is 16.8 Å². The molecule has 0 aliphatic heterocycles. The summed E-state index contributed by atoms with van der Waals surface area (Å²) in [6.07, 6.45) is 0. The van der Waals surface area contributed by atoms with Crippen LogP contribution in [0.2, 0.25) is 0 Å². The highest BCUT2D eigenvalue weighted by molar-refractivity contribution is 7.99. The van der Waals surface area contributed by atoms with Crippen molar-refractivity contribution in [3.8, 4) is 0 Å². The highest BCUT2D eigenvalue weighted by Crippen LogP contribution is 2.35. The third kappa shape index (κ3) is 3.77. The summed E-state index contributed by atoms with van der Waals surface area (Å²) >= 11 is 0.978. The van der Waals surface area contributed by atoms with E-state index in [0.29, 0.717) is 11.7 Å². The van der Waals surface area contributed by atoms with Crippen molar-refractivity contribution in [3.05, 3.63) is 74.3 Å². The maximum Gasteiger partial charge on any atom is 0.290 e. The topological polar surface area (TPSA) is 130 Å². The summed E-state index contributed by atoms with van der Waals surface area (Å²) in [5.41, 5.74) is 0.253. The van der Waals surface area contributed by atoms with Gasteiger partial charge < -0.3 is 0 Å². The molecule has 25 heavy (non-hydrogen) atoms. The van der Waals surface area contributed by atoms with Gasteiger partial charge in [0.1, 0.15) is 0 Å². The van der Waals surface area contributed by atoms with E-state index in [4.69, 9.17) is 0 Å². The largest absolute Gasteiger partial charge is 0.290 e. The standard InChI is InChI=1S/C14H10N6O4S/c21-19(22)11-6-7-13(12(8-11)20(23)24)25-14-15-16-17-18(14)9-10-4-2-1-3-5-10/h1-8H,9H2. The predicted molar refractivity (Wildman–Crippen MR) is 87.2 cm³/mol. The minimum atomic E-state index is -0.680. The molecule has 1 heterocycles. The summed E-state index contributed by atoms with van der Waals surface area (Å²) in [5, 5.41) is 33.7. The summed E-state index contributed by atoms with van der Waals surface area (Å²) in [6.45, 7) is 0.400. The van der Waals surface area contributed by atoms with Gasteiger partial charge in [-0.25, -0.2) is 4.68 Å². The van der Waals surface area contributed by atoms with Crippen molar-refractivity contribution in [2.24, 2.45) is 0 Å². The SMILES string of the molecule is O=[N+]([O-])c1ccc(Sc2nnnn2Cc2ccccc2)c([N+](=O)[O-])c1. The number of hydrogen-bond donors (Lipinski definition) is 0. The molecule has 0 atom stereocenters. The van der Waals surface area contributed by atoms with Crippen molar-refractivity contribution in [2.75, 3.05) is 0 Å². The Balaban J connectivity index is 1.90. The molecule has 0 saturated carbocycles. The minimum absolute atomic E-state index is 0.222. The quantitative estimate of drug-likeness (QED) is 0.485. The Morgan fingerprint density at radius 3 is 2.48 bits per heavy atom. The molecule has 0 fully saturated rings. The molecule has 11 heteroatoms. The van der Waals surface area contributed by atoms with Crippen molar-refractivity contribution < 1.29 is 9.85 Å². The lowest BCUT2D eigenvalue weighted by Crippen LogP contribution is -2.04. The molecule has 0 amide bonds. The number of aromatic nitrogens is 4. The van der Waals surface area contributed by atoms with Gasteiger partial charge in [-0.3, -0.25) is 20.2 Å². The molecule has 126 valence electrons. The molecule has 0 aliphatic rings. The molecule has 0 bridgehead atoms.